The van der Waals surface area contributed by atoms with Gasteiger partial charge < -0.3 is 0 Å². The van der Waals surface area contributed by atoms with Crippen molar-refractivity contribution in [2.45, 2.75) is 13.0 Å². The first-order valence-corrected chi connectivity index (χ1v) is 8.91. The Kier molecular flexibility index (Phi) is 4.66. The van der Waals surface area contributed by atoms with E-state index < -0.39 is 10.0 Å². The highest BCUT2D eigenvalue weighted by molar-refractivity contribution is 7.88. The van der Waals surface area contributed by atoms with Crippen LogP contribution in [0.3, 0.4) is 0 Å². The van der Waals surface area contributed by atoms with Gasteiger partial charge in [-0.15, -0.1) is 11.3 Å². The molecule has 0 saturated carbocycles. The zero-order chi connectivity index (χ0) is 13.2. The van der Waals surface area contributed by atoms with Gasteiger partial charge in [0.05, 0.1) is 10.6 Å². The summed E-state index contributed by atoms with van der Waals surface area (Å²) in [6.07, 6.45) is 2.16. The van der Waals surface area contributed by atoms with E-state index in [-0.39, 0.29) is 0 Å². The Labute approximate surface area is 117 Å². The first-order chi connectivity index (χ1) is 8.45. The van der Waals surface area contributed by atoms with Crippen molar-refractivity contribution in [2.75, 3.05) is 32.4 Å². The lowest BCUT2D eigenvalue weighted by atomic mass is 10.3. The highest BCUT2D eigenvalue weighted by Gasteiger charge is 2.21. The molecule has 2 heterocycles. The summed E-state index contributed by atoms with van der Waals surface area (Å²) in [6.45, 7) is 3.78. The smallest absolute Gasteiger partial charge is 0.211 e. The fourth-order valence-electron chi connectivity index (χ4n) is 2.09. The van der Waals surface area contributed by atoms with E-state index in [1.54, 1.807) is 15.6 Å². The minimum absolute atomic E-state index is 0.581. The first-order valence-electron chi connectivity index (χ1n) is 5.87. The van der Waals surface area contributed by atoms with Crippen LogP contribution >= 0.6 is 22.9 Å². The molecule has 1 fully saturated rings. The van der Waals surface area contributed by atoms with Crippen molar-refractivity contribution < 1.29 is 8.42 Å². The average molecular weight is 309 g/mol. The number of hydrogen-bond donors (Lipinski definition) is 0. The average Bonchev–Trinajstić information content (AvgIpc) is 2.53. The van der Waals surface area contributed by atoms with Gasteiger partial charge >= 0.3 is 0 Å². The van der Waals surface area contributed by atoms with Crippen molar-refractivity contribution in [1.82, 2.24) is 9.21 Å². The fraction of sp³-hybridized carbons (Fsp3) is 0.636. The van der Waals surface area contributed by atoms with E-state index >= 15 is 0 Å². The molecule has 18 heavy (non-hydrogen) atoms. The third-order valence-electron chi connectivity index (χ3n) is 3.02. The molecule has 0 atom stereocenters. The first kappa shape index (κ1) is 14.3. The molecule has 1 aliphatic heterocycles. The second-order valence-electron chi connectivity index (χ2n) is 4.50. The lowest BCUT2D eigenvalue weighted by Crippen LogP contribution is -2.34. The molecule has 0 radical (unpaired) electrons. The summed E-state index contributed by atoms with van der Waals surface area (Å²) < 4.78 is 25.4. The number of thiophene rings is 1. The van der Waals surface area contributed by atoms with Crippen molar-refractivity contribution in [3.8, 4) is 0 Å². The SMILES string of the molecule is CS(=O)(=O)N1CCCN(Cc2ccc(Cl)s2)CC1. The molecule has 7 heteroatoms. The minimum Gasteiger partial charge on any atom is -0.297 e. The van der Waals surface area contributed by atoms with Crippen LogP contribution in [0, 0.1) is 0 Å². The molecule has 0 amide bonds. The van der Waals surface area contributed by atoms with E-state index in [0.717, 1.165) is 30.4 Å². The molecular weight excluding hydrogens is 292 g/mol. The quantitative estimate of drug-likeness (QED) is 0.856. The van der Waals surface area contributed by atoms with E-state index in [0.29, 0.717) is 13.1 Å². The molecule has 0 aliphatic carbocycles. The van der Waals surface area contributed by atoms with E-state index in [1.807, 2.05) is 12.1 Å². The summed E-state index contributed by atoms with van der Waals surface area (Å²) in [5.74, 6) is 0. The molecule has 1 aromatic rings. The molecule has 0 unspecified atom stereocenters. The van der Waals surface area contributed by atoms with Crippen molar-refractivity contribution in [1.29, 1.82) is 0 Å². The number of sulfonamides is 1. The second-order valence-corrected chi connectivity index (χ2v) is 8.28. The van der Waals surface area contributed by atoms with Crippen LogP contribution < -0.4 is 0 Å². The molecule has 2 rings (SSSR count). The molecule has 0 spiro atoms. The fourth-order valence-corrected chi connectivity index (χ4v) is 4.10. The molecule has 0 N–H and O–H groups in total. The van der Waals surface area contributed by atoms with Crippen molar-refractivity contribution in [3.63, 3.8) is 0 Å². The van der Waals surface area contributed by atoms with E-state index in [4.69, 9.17) is 11.6 Å². The Bertz CT molecular complexity index is 501. The maximum Gasteiger partial charge on any atom is 0.211 e. The highest BCUT2D eigenvalue weighted by Crippen LogP contribution is 2.23. The standard InChI is InChI=1S/C11H17ClN2O2S2/c1-18(15,16)14-6-2-5-13(7-8-14)9-10-3-4-11(12)17-10/h3-4H,2,5-9H2,1H3. The lowest BCUT2D eigenvalue weighted by molar-refractivity contribution is 0.281. The minimum atomic E-state index is -3.05. The Hall–Kier alpha value is -0.140. The zero-order valence-electron chi connectivity index (χ0n) is 10.3. The van der Waals surface area contributed by atoms with Crippen molar-refractivity contribution in [3.05, 3.63) is 21.3 Å². The van der Waals surface area contributed by atoms with E-state index in [1.165, 1.54) is 11.1 Å². The van der Waals surface area contributed by atoms with Gasteiger partial charge in [0.15, 0.2) is 0 Å². The summed E-state index contributed by atoms with van der Waals surface area (Å²) in [5, 5.41) is 0. The number of rotatable bonds is 3. The van der Waals surface area contributed by atoms with Crippen LogP contribution in [0.1, 0.15) is 11.3 Å². The van der Waals surface area contributed by atoms with E-state index in [9.17, 15) is 8.42 Å². The van der Waals surface area contributed by atoms with Gasteiger partial charge in [0.2, 0.25) is 10.0 Å². The predicted octanol–water partition coefficient (Wildman–Crippen LogP) is 1.87. The van der Waals surface area contributed by atoms with Gasteiger partial charge in [-0.2, -0.15) is 0 Å². The topological polar surface area (TPSA) is 40.6 Å². The Morgan fingerprint density at radius 2 is 2.06 bits per heavy atom. The lowest BCUT2D eigenvalue weighted by Gasteiger charge is -2.19. The molecule has 1 aromatic heterocycles. The summed E-state index contributed by atoms with van der Waals surface area (Å²) in [4.78, 5) is 3.51. The zero-order valence-corrected chi connectivity index (χ0v) is 12.7. The molecule has 0 bridgehead atoms. The molecule has 102 valence electrons. The van der Waals surface area contributed by atoms with Gasteiger partial charge in [0, 0.05) is 31.1 Å². The number of nitrogens with zero attached hydrogens (tertiary/aromatic N) is 2. The Balaban J connectivity index is 1.93. The van der Waals surface area contributed by atoms with Crippen LogP contribution in [0.15, 0.2) is 12.1 Å². The molecule has 1 saturated heterocycles. The molecular formula is C11H17ClN2O2S2. The van der Waals surface area contributed by atoms with Crippen molar-refractivity contribution in [2.24, 2.45) is 0 Å². The third kappa shape index (κ3) is 3.93. The van der Waals surface area contributed by atoms with Crippen LogP contribution in [-0.2, 0) is 16.6 Å². The Morgan fingerprint density at radius 3 is 2.67 bits per heavy atom. The summed E-state index contributed by atoms with van der Waals surface area (Å²) in [6, 6.07) is 3.94. The van der Waals surface area contributed by atoms with Gasteiger partial charge in [0.1, 0.15) is 0 Å². The van der Waals surface area contributed by atoms with Gasteiger partial charge in [-0.05, 0) is 25.1 Å². The summed E-state index contributed by atoms with van der Waals surface area (Å²) in [7, 11) is -3.05. The third-order valence-corrected chi connectivity index (χ3v) is 5.54. The van der Waals surface area contributed by atoms with Gasteiger partial charge in [-0.1, -0.05) is 11.6 Å². The van der Waals surface area contributed by atoms with Crippen LogP contribution in [0.25, 0.3) is 0 Å². The maximum absolute atomic E-state index is 11.5. The van der Waals surface area contributed by atoms with Gasteiger partial charge in [0.25, 0.3) is 0 Å². The summed E-state index contributed by atoms with van der Waals surface area (Å²) >= 11 is 7.49. The second kappa shape index (κ2) is 5.88. The largest absolute Gasteiger partial charge is 0.297 e. The monoisotopic (exact) mass is 308 g/mol. The number of hydrogen-bond acceptors (Lipinski definition) is 4. The summed E-state index contributed by atoms with van der Waals surface area (Å²) in [5.41, 5.74) is 0. The Morgan fingerprint density at radius 1 is 1.28 bits per heavy atom. The van der Waals surface area contributed by atoms with Crippen LogP contribution in [0.4, 0.5) is 0 Å². The predicted molar refractivity (Wildman–Crippen MR) is 75.6 cm³/mol. The van der Waals surface area contributed by atoms with Gasteiger partial charge in [-0.3, -0.25) is 4.90 Å². The highest BCUT2D eigenvalue weighted by atomic mass is 35.5. The molecule has 4 nitrogen and oxygen atoms in total. The normalized spacial score (nSPS) is 19.9. The number of halogens is 1. The van der Waals surface area contributed by atoms with Crippen LogP contribution in [0.2, 0.25) is 4.34 Å². The molecule has 0 aromatic carbocycles. The maximum atomic E-state index is 11.5. The van der Waals surface area contributed by atoms with E-state index in [2.05, 4.69) is 4.90 Å². The van der Waals surface area contributed by atoms with Crippen LogP contribution in [-0.4, -0.2) is 50.1 Å². The van der Waals surface area contributed by atoms with Crippen molar-refractivity contribution >= 4 is 33.0 Å². The van der Waals surface area contributed by atoms with Crippen LogP contribution in [0.5, 0.6) is 0 Å². The van der Waals surface area contributed by atoms with Gasteiger partial charge in [-0.25, -0.2) is 12.7 Å². The molecule has 1 aliphatic rings.